The molecule has 1 saturated carbocycles. The summed E-state index contributed by atoms with van der Waals surface area (Å²) in [4.78, 5) is 24.9. The molecule has 0 radical (unpaired) electrons. The van der Waals surface area contributed by atoms with Gasteiger partial charge in [0.05, 0.1) is 11.5 Å². The molecule has 1 aliphatic rings. The smallest absolute Gasteiger partial charge is 0.310 e. The van der Waals surface area contributed by atoms with Crippen molar-refractivity contribution in [1.29, 1.82) is 0 Å². The van der Waals surface area contributed by atoms with E-state index >= 15 is 0 Å². The molecule has 2 aromatic rings. The fourth-order valence-corrected chi connectivity index (χ4v) is 2.66. The van der Waals surface area contributed by atoms with E-state index in [1.807, 2.05) is 26.0 Å². The minimum Gasteiger partial charge on any atom is -0.477 e. The average Bonchev–Trinajstić information content (AvgIpc) is 3.32. The first-order valence-electron chi connectivity index (χ1n) is 8.16. The molecule has 1 aromatic heterocycles. The second-order valence-corrected chi connectivity index (χ2v) is 6.28. The Bertz CT molecular complexity index is 795. The number of rotatable bonds is 7. The van der Waals surface area contributed by atoms with Crippen LogP contribution in [0.4, 0.5) is 5.69 Å². The van der Waals surface area contributed by atoms with Gasteiger partial charge in [0, 0.05) is 12.1 Å². The van der Waals surface area contributed by atoms with Gasteiger partial charge >= 0.3 is 5.69 Å². The summed E-state index contributed by atoms with van der Waals surface area (Å²) >= 11 is 0. The summed E-state index contributed by atoms with van der Waals surface area (Å²) in [6.45, 7) is 3.82. The second kappa shape index (κ2) is 6.96. The van der Waals surface area contributed by atoms with Gasteiger partial charge < -0.3 is 14.1 Å². The van der Waals surface area contributed by atoms with Crippen molar-refractivity contribution in [2.45, 2.75) is 39.3 Å². The lowest BCUT2D eigenvalue weighted by molar-refractivity contribution is -0.385. The predicted octanol–water partition coefficient (Wildman–Crippen LogP) is 3.37. The maximum absolute atomic E-state index is 12.6. The fraction of sp³-hybridized carbons (Fsp3) is 0.389. The topological polar surface area (TPSA) is 85.8 Å². The van der Waals surface area contributed by atoms with Crippen LogP contribution in [0, 0.1) is 24.0 Å². The highest BCUT2D eigenvalue weighted by Crippen LogP contribution is 2.30. The van der Waals surface area contributed by atoms with Crippen molar-refractivity contribution >= 4 is 11.6 Å². The summed E-state index contributed by atoms with van der Waals surface area (Å²) in [7, 11) is 0. The van der Waals surface area contributed by atoms with Gasteiger partial charge in [0.25, 0.3) is 5.91 Å². The van der Waals surface area contributed by atoms with Gasteiger partial charge in [-0.15, -0.1) is 0 Å². The van der Waals surface area contributed by atoms with E-state index in [0.29, 0.717) is 6.54 Å². The number of carbonyl (C=O) groups is 1. The van der Waals surface area contributed by atoms with Gasteiger partial charge in [0.15, 0.2) is 12.4 Å². The van der Waals surface area contributed by atoms with Crippen molar-refractivity contribution < 1.29 is 18.9 Å². The summed E-state index contributed by atoms with van der Waals surface area (Å²) in [5.41, 5.74) is 0.691. The lowest BCUT2D eigenvalue weighted by Crippen LogP contribution is -2.36. The molecule has 0 unspecified atom stereocenters. The largest absolute Gasteiger partial charge is 0.477 e. The Balaban J connectivity index is 1.68. The molecule has 1 amide bonds. The number of hydrogen-bond donors (Lipinski definition) is 0. The molecule has 0 atom stereocenters. The Labute approximate surface area is 145 Å². The van der Waals surface area contributed by atoms with Gasteiger partial charge in [-0.3, -0.25) is 14.9 Å². The third kappa shape index (κ3) is 4.17. The van der Waals surface area contributed by atoms with E-state index in [9.17, 15) is 14.9 Å². The molecular formula is C18H20N2O5. The van der Waals surface area contributed by atoms with Crippen molar-refractivity contribution in [3.63, 3.8) is 0 Å². The van der Waals surface area contributed by atoms with Crippen LogP contribution >= 0.6 is 0 Å². The van der Waals surface area contributed by atoms with E-state index in [0.717, 1.165) is 29.9 Å². The van der Waals surface area contributed by atoms with Crippen molar-refractivity contribution in [2.24, 2.45) is 0 Å². The molecule has 1 aromatic carbocycles. The van der Waals surface area contributed by atoms with Crippen molar-refractivity contribution in [2.75, 3.05) is 6.61 Å². The molecule has 0 N–H and O–H groups in total. The Morgan fingerprint density at radius 3 is 2.68 bits per heavy atom. The van der Waals surface area contributed by atoms with Crippen LogP contribution in [0.3, 0.4) is 0 Å². The molecule has 1 aliphatic carbocycles. The summed E-state index contributed by atoms with van der Waals surface area (Å²) < 4.78 is 11.0. The van der Waals surface area contributed by atoms with Gasteiger partial charge in [-0.2, -0.15) is 0 Å². The highest BCUT2D eigenvalue weighted by Gasteiger charge is 2.33. The Kier molecular flexibility index (Phi) is 4.74. The Morgan fingerprint density at radius 1 is 1.32 bits per heavy atom. The zero-order chi connectivity index (χ0) is 18.0. The summed E-state index contributed by atoms with van der Waals surface area (Å²) in [5, 5.41) is 11.1. The zero-order valence-electron chi connectivity index (χ0n) is 14.2. The van der Waals surface area contributed by atoms with Crippen LogP contribution in [0.1, 0.15) is 29.9 Å². The Morgan fingerprint density at radius 2 is 2.08 bits per heavy atom. The van der Waals surface area contributed by atoms with Gasteiger partial charge in [0.2, 0.25) is 0 Å². The molecule has 0 saturated heterocycles. The van der Waals surface area contributed by atoms with Crippen LogP contribution < -0.4 is 4.74 Å². The number of aryl methyl sites for hydroxylation is 2. The fourth-order valence-electron chi connectivity index (χ4n) is 2.66. The zero-order valence-corrected chi connectivity index (χ0v) is 14.2. The number of carbonyl (C=O) groups excluding carboxylic acids is 1. The Hall–Kier alpha value is -2.83. The number of ether oxygens (including phenoxy) is 1. The van der Waals surface area contributed by atoms with Crippen LogP contribution in [0.25, 0.3) is 0 Å². The first-order chi connectivity index (χ1) is 11.9. The van der Waals surface area contributed by atoms with E-state index in [-0.39, 0.29) is 30.0 Å². The second-order valence-electron chi connectivity index (χ2n) is 6.28. The van der Waals surface area contributed by atoms with Crippen molar-refractivity contribution in [3.8, 4) is 5.75 Å². The van der Waals surface area contributed by atoms with Gasteiger partial charge in [0.1, 0.15) is 11.5 Å². The number of hydrogen-bond acceptors (Lipinski definition) is 5. The molecule has 25 heavy (non-hydrogen) atoms. The van der Waals surface area contributed by atoms with E-state index in [2.05, 4.69) is 0 Å². The van der Waals surface area contributed by atoms with E-state index < -0.39 is 4.92 Å². The monoisotopic (exact) mass is 344 g/mol. The van der Waals surface area contributed by atoms with Crippen molar-refractivity contribution in [3.05, 3.63) is 57.5 Å². The van der Waals surface area contributed by atoms with Gasteiger partial charge in [-0.1, -0.05) is 6.07 Å². The third-order valence-electron chi connectivity index (χ3n) is 4.09. The van der Waals surface area contributed by atoms with Crippen LogP contribution in [0.15, 0.2) is 34.7 Å². The van der Waals surface area contributed by atoms with Gasteiger partial charge in [-0.05, 0) is 50.5 Å². The highest BCUT2D eigenvalue weighted by atomic mass is 16.6. The maximum Gasteiger partial charge on any atom is 0.310 e. The van der Waals surface area contributed by atoms with Crippen LogP contribution in [0.2, 0.25) is 0 Å². The number of benzene rings is 1. The molecular weight excluding hydrogens is 324 g/mol. The summed E-state index contributed by atoms with van der Waals surface area (Å²) in [6.07, 6.45) is 1.91. The number of nitro benzene ring substituents is 1. The molecule has 1 heterocycles. The number of furan rings is 1. The summed E-state index contributed by atoms with van der Waals surface area (Å²) in [6, 6.07) is 8.50. The first-order valence-corrected chi connectivity index (χ1v) is 8.16. The molecule has 3 rings (SSSR count). The highest BCUT2D eigenvalue weighted by molar-refractivity contribution is 5.78. The van der Waals surface area contributed by atoms with Crippen molar-refractivity contribution in [1.82, 2.24) is 4.90 Å². The number of nitro groups is 1. The number of nitrogens with zero attached hydrogens (tertiary/aromatic N) is 2. The SMILES string of the molecule is Cc1ccc([N+](=O)[O-])c(OCC(=O)N(Cc2ccc(C)o2)C2CC2)c1. The molecule has 132 valence electrons. The maximum atomic E-state index is 12.6. The van der Waals surface area contributed by atoms with E-state index in [1.54, 1.807) is 17.0 Å². The molecule has 1 fully saturated rings. The van der Waals surface area contributed by atoms with Gasteiger partial charge in [-0.25, -0.2) is 0 Å². The van der Waals surface area contributed by atoms with Crippen LogP contribution in [-0.4, -0.2) is 28.4 Å². The van der Waals surface area contributed by atoms with Crippen LogP contribution in [-0.2, 0) is 11.3 Å². The molecule has 0 aliphatic heterocycles. The summed E-state index contributed by atoms with van der Waals surface area (Å²) in [5.74, 6) is 1.43. The minimum atomic E-state index is -0.510. The van der Waals surface area contributed by atoms with Crippen LogP contribution in [0.5, 0.6) is 5.75 Å². The normalized spacial score (nSPS) is 13.5. The predicted molar refractivity (Wildman–Crippen MR) is 90.3 cm³/mol. The molecule has 0 bridgehead atoms. The van der Waals surface area contributed by atoms with E-state index in [1.165, 1.54) is 6.07 Å². The minimum absolute atomic E-state index is 0.114. The quantitative estimate of drug-likeness (QED) is 0.568. The van der Waals surface area contributed by atoms with E-state index in [4.69, 9.17) is 9.15 Å². The standard InChI is InChI=1S/C18H20N2O5/c1-12-3-8-16(20(22)23)17(9-12)24-11-18(21)19(14-5-6-14)10-15-7-4-13(2)25-15/h3-4,7-9,14H,5-6,10-11H2,1-2H3. The average molecular weight is 344 g/mol. The molecule has 7 nitrogen and oxygen atoms in total. The molecule has 0 spiro atoms. The molecule has 7 heteroatoms. The number of amides is 1. The lowest BCUT2D eigenvalue weighted by atomic mass is 10.2. The first kappa shape index (κ1) is 17.0. The lowest BCUT2D eigenvalue weighted by Gasteiger charge is -2.21. The third-order valence-corrected chi connectivity index (χ3v) is 4.09.